The molecule has 1 N–H and O–H groups in total. The standard InChI is InChI=1S/C22H25N3O2/c1-3-4-5-15-27-20-11-9-17(10-12-20)22(26)24-19-8-6-7-18(16-19)21-23-13-14-25(21)2/h6-14,16H,3-5,15H2,1-2H3,(H,24,26). The molecule has 0 aliphatic carbocycles. The molecule has 0 spiro atoms. The van der Waals surface area contributed by atoms with Crippen molar-refractivity contribution in [3.05, 3.63) is 66.5 Å². The Balaban J connectivity index is 1.63. The Morgan fingerprint density at radius 2 is 1.96 bits per heavy atom. The summed E-state index contributed by atoms with van der Waals surface area (Å²) in [5.41, 5.74) is 2.29. The van der Waals surface area contributed by atoms with Gasteiger partial charge in [0.2, 0.25) is 0 Å². The van der Waals surface area contributed by atoms with Crippen molar-refractivity contribution in [1.29, 1.82) is 0 Å². The predicted octanol–water partition coefficient (Wildman–Crippen LogP) is 4.91. The van der Waals surface area contributed by atoms with E-state index in [1.807, 2.05) is 54.2 Å². The van der Waals surface area contributed by atoms with Gasteiger partial charge < -0.3 is 14.6 Å². The number of unbranched alkanes of at least 4 members (excludes halogenated alkanes) is 2. The van der Waals surface area contributed by atoms with Gasteiger partial charge in [-0.1, -0.05) is 31.9 Å². The van der Waals surface area contributed by atoms with E-state index in [-0.39, 0.29) is 5.91 Å². The van der Waals surface area contributed by atoms with E-state index in [2.05, 4.69) is 17.2 Å². The van der Waals surface area contributed by atoms with Gasteiger partial charge >= 0.3 is 0 Å². The fourth-order valence-corrected chi connectivity index (χ4v) is 2.83. The maximum absolute atomic E-state index is 12.5. The molecule has 3 aromatic rings. The van der Waals surface area contributed by atoms with Crippen molar-refractivity contribution in [2.45, 2.75) is 26.2 Å². The van der Waals surface area contributed by atoms with Crippen LogP contribution in [0.5, 0.6) is 5.75 Å². The lowest BCUT2D eigenvalue weighted by Crippen LogP contribution is -2.11. The van der Waals surface area contributed by atoms with E-state index < -0.39 is 0 Å². The Morgan fingerprint density at radius 3 is 2.67 bits per heavy atom. The predicted molar refractivity (Wildman–Crippen MR) is 108 cm³/mol. The van der Waals surface area contributed by atoms with Crippen LogP contribution in [-0.2, 0) is 7.05 Å². The summed E-state index contributed by atoms with van der Waals surface area (Å²) in [4.78, 5) is 16.9. The third-order valence-corrected chi connectivity index (χ3v) is 4.33. The molecule has 0 fully saturated rings. The highest BCUT2D eigenvalue weighted by molar-refractivity contribution is 6.04. The summed E-state index contributed by atoms with van der Waals surface area (Å²) >= 11 is 0. The number of nitrogens with zero attached hydrogens (tertiary/aromatic N) is 2. The Bertz CT molecular complexity index is 885. The number of ether oxygens (including phenoxy) is 1. The number of carbonyl (C=O) groups is 1. The zero-order valence-corrected chi connectivity index (χ0v) is 15.8. The summed E-state index contributed by atoms with van der Waals surface area (Å²) in [6.07, 6.45) is 7.03. The topological polar surface area (TPSA) is 56.1 Å². The van der Waals surface area contributed by atoms with Crippen LogP contribution < -0.4 is 10.1 Å². The number of anilines is 1. The lowest BCUT2D eigenvalue weighted by atomic mass is 10.1. The van der Waals surface area contributed by atoms with Gasteiger partial charge in [-0.05, 0) is 42.8 Å². The van der Waals surface area contributed by atoms with E-state index in [1.165, 1.54) is 6.42 Å². The van der Waals surface area contributed by atoms with E-state index in [0.29, 0.717) is 12.2 Å². The number of nitrogens with one attached hydrogen (secondary N) is 1. The van der Waals surface area contributed by atoms with Crippen molar-refractivity contribution in [2.75, 3.05) is 11.9 Å². The SMILES string of the molecule is CCCCCOc1ccc(C(=O)Nc2cccc(-c3nccn3C)c2)cc1. The third kappa shape index (κ3) is 4.97. The van der Waals surface area contributed by atoms with Gasteiger partial charge in [0, 0.05) is 36.3 Å². The number of hydrogen-bond acceptors (Lipinski definition) is 3. The van der Waals surface area contributed by atoms with E-state index in [0.717, 1.165) is 35.7 Å². The highest BCUT2D eigenvalue weighted by atomic mass is 16.5. The van der Waals surface area contributed by atoms with Crippen LogP contribution in [0, 0.1) is 0 Å². The molecule has 5 heteroatoms. The molecule has 0 radical (unpaired) electrons. The average Bonchev–Trinajstić information content (AvgIpc) is 3.12. The Morgan fingerprint density at radius 1 is 1.15 bits per heavy atom. The summed E-state index contributed by atoms with van der Waals surface area (Å²) in [7, 11) is 1.94. The minimum absolute atomic E-state index is 0.149. The van der Waals surface area contributed by atoms with Gasteiger partial charge in [0.1, 0.15) is 11.6 Å². The minimum Gasteiger partial charge on any atom is -0.494 e. The molecule has 1 amide bonds. The lowest BCUT2D eigenvalue weighted by Gasteiger charge is -2.09. The van der Waals surface area contributed by atoms with Gasteiger partial charge in [-0.15, -0.1) is 0 Å². The fourth-order valence-electron chi connectivity index (χ4n) is 2.83. The third-order valence-electron chi connectivity index (χ3n) is 4.33. The zero-order chi connectivity index (χ0) is 19.1. The van der Waals surface area contributed by atoms with Crippen LogP contribution >= 0.6 is 0 Å². The van der Waals surface area contributed by atoms with Crippen LogP contribution in [0.3, 0.4) is 0 Å². The van der Waals surface area contributed by atoms with E-state index >= 15 is 0 Å². The lowest BCUT2D eigenvalue weighted by molar-refractivity contribution is 0.102. The van der Waals surface area contributed by atoms with Crippen LogP contribution in [0.2, 0.25) is 0 Å². The molecule has 0 aliphatic rings. The molecule has 1 aromatic heterocycles. The van der Waals surface area contributed by atoms with Crippen LogP contribution in [0.1, 0.15) is 36.5 Å². The summed E-state index contributed by atoms with van der Waals surface area (Å²) in [5, 5.41) is 2.94. The number of aromatic nitrogens is 2. The first-order valence-corrected chi connectivity index (χ1v) is 9.29. The van der Waals surface area contributed by atoms with Crippen molar-refractivity contribution in [3.63, 3.8) is 0 Å². The number of benzene rings is 2. The van der Waals surface area contributed by atoms with Crippen molar-refractivity contribution in [3.8, 4) is 17.1 Å². The average molecular weight is 363 g/mol. The van der Waals surface area contributed by atoms with E-state index in [1.54, 1.807) is 18.3 Å². The maximum Gasteiger partial charge on any atom is 0.255 e. The molecule has 0 atom stereocenters. The fraction of sp³-hybridized carbons (Fsp3) is 0.273. The summed E-state index contributed by atoms with van der Waals surface area (Å²) < 4.78 is 7.63. The molecule has 2 aromatic carbocycles. The number of aryl methyl sites for hydroxylation is 1. The summed E-state index contributed by atoms with van der Waals surface area (Å²) in [6, 6.07) is 14.9. The molecule has 3 rings (SSSR count). The van der Waals surface area contributed by atoms with Crippen molar-refractivity contribution < 1.29 is 9.53 Å². The number of amides is 1. The van der Waals surface area contributed by atoms with Crippen LogP contribution in [0.15, 0.2) is 60.9 Å². The highest BCUT2D eigenvalue weighted by Crippen LogP contribution is 2.21. The van der Waals surface area contributed by atoms with Gasteiger partial charge in [-0.3, -0.25) is 4.79 Å². The molecular weight excluding hydrogens is 338 g/mol. The second-order valence-electron chi connectivity index (χ2n) is 6.48. The molecule has 1 heterocycles. The van der Waals surface area contributed by atoms with Crippen molar-refractivity contribution >= 4 is 11.6 Å². The second kappa shape index (κ2) is 9.03. The van der Waals surface area contributed by atoms with Crippen molar-refractivity contribution in [2.24, 2.45) is 7.05 Å². The summed E-state index contributed by atoms with van der Waals surface area (Å²) in [6.45, 7) is 2.87. The van der Waals surface area contributed by atoms with E-state index in [9.17, 15) is 4.79 Å². The molecule has 5 nitrogen and oxygen atoms in total. The van der Waals surface area contributed by atoms with Crippen LogP contribution in [0.25, 0.3) is 11.4 Å². The van der Waals surface area contributed by atoms with Crippen molar-refractivity contribution in [1.82, 2.24) is 9.55 Å². The Labute approximate surface area is 160 Å². The molecule has 0 saturated carbocycles. The molecule has 0 saturated heterocycles. The number of carbonyl (C=O) groups excluding carboxylic acids is 1. The van der Waals surface area contributed by atoms with E-state index in [4.69, 9.17) is 4.74 Å². The normalized spacial score (nSPS) is 10.6. The number of hydrogen-bond donors (Lipinski definition) is 1. The molecule has 0 unspecified atom stereocenters. The first kappa shape index (κ1) is 18.7. The number of rotatable bonds is 8. The first-order chi connectivity index (χ1) is 13.2. The largest absolute Gasteiger partial charge is 0.494 e. The monoisotopic (exact) mass is 363 g/mol. The van der Waals surface area contributed by atoms with Crippen LogP contribution in [-0.4, -0.2) is 22.1 Å². The summed E-state index contributed by atoms with van der Waals surface area (Å²) in [5.74, 6) is 1.50. The van der Waals surface area contributed by atoms with Gasteiger partial charge in [0.15, 0.2) is 0 Å². The van der Waals surface area contributed by atoms with Crippen LogP contribution in [0.4, 0.5) is 5.69 Å². The van der Waals surface area contributed by atoms with Gasteiger partial charge in [0.25, 0.3) is 5.91 Å². The Hall–Kier alpha value is -3.08. The Kier molecular flexibility index (Phi) is 6.26. The second-order valence-corrected chi connectivity index (χ2v) is 6.48. The van der Waals surface area contributed by atoms with Gasteiger partial charge in [0.05, 0.1) is 6.61 Å². The molecule has 0 aliphatic heterocycles. The number of imidazole rings is 1. The maximum atomic E-state index is 12.5. The highest BCUT2D eigenvalue weighted by Gasteiger charge is 2.09. The first-order valence-electron chi connectivity index (χ1n) is 9.29. The minimum atomic E-state index is -0.149. The zero-order valence-electron chi connectivity index (χ0n) is 15.8. The quantitative estimate of drug-likeness (QED) is 0.579. The molecule has 27 heavy (non-hydrogen) atoms. The molecule has 0 bridgehead atoms. The molecular formula is C22H25N3O2. The van der Waals surface area contributed by atoms with Gasteiger partial charge in [-0.25, -0.2) is 4.98 Å². The molecule has 140 valence electrons. The smallest absolute Gasteiger partial charge is 0.255 e. The van der Waals surface area contributed by atoms with Gasteiger partial charge in [-0.2, -0.15) is 0 Å².